The fraction of sp³-hybridized carbons (Fsp3) is 0.250. The lowest BCUT2D eigenvalue weighted by Gasteiger charge is -2.11. The van der Waals surface area contributed by atoms with Gasteiger partial charge in [-0.05, 0) is 18.2 Å². The van der Waals surface area contributed by atoms with Crippen molar-refractivity contribution in [2.75, 3.05) is 0 Å². The molecule has 0 aliphatic rings. The Bertz CT molecular complexity index is 659. The van der Waals surface area contributed by atoms with E-state index in [-0.39, 0.29) is 10.9 Å². The van der Waals surface area contributed by atoms with Crippen LogP contribution < -0.4 is 5.43 Å². The third kappa shape index (κ3) is 1.99. The molecule has 1 aromatic carbocycles. The van der Waals surface area contributed by atoms with Gasteiger partial charge in [-0.15, -0.1) is 0 Å². The molecule has 1 N–H and O–H groups in total. The maximum Gasteiger partial charge on any atom is 0.416 e. The Hall–Kier alpha value is -1.82. The van der Waals surface area contributed by atoms with E-state index < -0.39 is 23.8 Å². The molecule has 0 atom stereocenters. The van der Waals surface area contributed by atoms with E-state index >= 15 is 0 Å². The standard InChI is InChI=1S/C12H10F3NO2/c1-16-5-7(6-17)11(18)9-4-8(12(13,14)15)2-3-10(9)16/h2-5,17H,6H2,1H3. The lowest BCUT2D eigenvalue weighted by atomic mass is 10.1. The Labute approximate surface area is 100 Å². The Morgan fingerprint density at radius 1 is 1.33 bits per heavy atom. The van der Waals surface area contributed by atoms with Crippen LogP contribution in [-0.2, 0) is 19.8 Å². The monoisotopic (exact) mass is 257 g/mol. The number of rotatable bonds is 1. The highest BCUT2D eigenvalue weighted by Crippen LogP contribution is 2.30. The van der Waals surface area contributed by atoms with Crippen molar-refractivity contribution in [3.63, 3.8) is 0 Å². The van der Waals surface area contributed by atoms with Crippen LogP contribution in [0, 0.1) is 0 Å². The predicted octanol–water partition coefficient (Wildman–Crippen LogP) is 2.05. The first-order valence-electron chi connectivity index (χ1n) is 5.15. The molecule has 0 fully saturated rings. The Kier molecular flexibility index (Phi) is 2.90. The third-order valence-electron chi connectivity index (χ3n) is 2.76. The van der Waals surface area contributed by atoms with E-state index in [0.717, 1.165) is 12.1 Å². The molecule has 2 aromatic rings. The van der Waals surface area contributed by atoms with E-state index in [4.69, 9.17) is 5.11 Å². The van der Waals surface area contributed by atoms with Crippen molar-refractivity contribution in [3.05, 3.63) is 45.7 Å². The molecule has 0 saturated heterocycles. The van der Waals surface area contributed by atoms with Gasteiger partial charge in [0, 0.05) is 24.2 Å². The lowest BCUT2D eigenvalue weighted by molar-refractivity contribution is -0.137. The molecule has 3 nitrogen and oxygen atoms in total. The van der Waals surface area contributed by atoms with Gasteiger partial charge in [-0.2, -0.15) is 13.2 Å². The molecular formula is C12H10F3NO2. The van der Waals surface area contributed by atoms with Gasteiger partial charge in [-0.25, -0.2) is 0 Å². The summed E-state index contributed by atoms with van der Waals surface area (Å²) >= 11 is 0. The maximum atomic E-state index is 12.6. The van der Waals surface area contributed by atoms with Crippen LogP contribution in [0.4, 0.5) is 13.2 Å². The molecule has 0 spiro atoms. The second-order valence-electron chi connectivity index (χ2n) is 3.98. The van der Waals surface area contributed by atoms with Crippen LogP contribution >= 0.6 is 0 Å². The molecule has 0 unspecified atom stereocenters. The number of nitrogens with zero attached hydrogens (tertiary/aromatic N) is 1. The van der Waals surface area contributed by atoms with Crippen molar-refractivity contribution >= 4 is 10.9 Å². The van der Waals surface area contributed by atoms with Gasteiger partial charge in [0.2, 0.25) is 0 Å². The van der Waals surface area contributed by atoms with Gasteiger partial charge in [-0.1, -0.05) is 0 Å². The van der Waals surface area contributed by atoms with Gasteiger partial charge in [0.25, 0.3) is 0 Å². The second-order valence-corrected chi connectivity index (χ2v) is 3.98. The molecule has 0 aliphatic heterocycles. The summed E-state index contributed by atoms with van der Waals surface area (Å²) in [6.45, 7) is -0.501. The van der Waals surface area contributed by atoms with Crippen molar-refractivity contribution in [2.24, 2.45) is 7.05 Å². The summed E-state index contributed by atoms with van der Waals surface area (Å²) < 4.78 is 39.2. The number of benzene rings is 1. The Morgan fingerprint density at radius 3 is 2.56 bits per heavy atom. The molecule has 0 radical (unpaired) electrons. The SMILES string of the molecule is Cn1cc(CO)c(=O)c2cc(C(F)(F)F)ccc21. The topological polar surface area (TPSA) is 42.2 Å². The molecule has 0 amide bonds. The fourth-order valence-electron chi connectivity index (χ4n) is 1.85. The largest absolute Gasteiger partial charge is 0.416 e. The second kappa shape index (κ2) is 4.13. The van der Waals surface area contributed by atoms with E-state index in [1.165, 1.54) is 16.8 Å². The van der Waals surface area contributed by atoms with Crippen molar-refractivity contribution in [2.45, 2.75) is 12.8 Å². The zero-order valence-electron chi connectivity index (χ0n) is 9.45. The number of aliphatic hydroxyl groups is 1. The molecule has 1 aromatic heterocycles. The van der Waals surface area contributed by atoms with Crippen LogP contribution in [-0.4, -0.2) is 9.67 Å². The number of hydrogen-bond donors (Lipinski definition) is 1. The highest BCUT2D eigenvalue weighted by atomic mass is 19.4. The molecule has 0 saturated carbocycles. The quantitative estimate of drug-likeness (QED) is 0.849. The normalized spacial score (nSPS) is 12.1. The summed E-state index contributed by atoms with van der Waals surface area (Å²) in [6.07, 6.45) is -3.08. The van der Waals surface area contributed by atoms with Crippen LogP contribution in [0.3, 0.4) is 0 Å². The van der Waals surface area contributed by atoms with Crippen LogP contribution in [0.5, 0.6) is 0 Å². The van der Waals surface area contributed by atoms with Crippen molar-refractivity contribution < 1.29 is 18.3 Å². The molecule has 96 valence electrons. The molecular weight excluding hydrogens is 247 g/mol. The first-order chi connectivity index (χ1) is 8.34. The smallest absolute Gasteiger partial charge is 0.391 e. The van der Waals surface area contributed by atoms with Gasteiger partial charge in [0.1, 0.15) is 0 Å². The van der Waals surface area contributed by atoms with E-state index in [1.54, 1.807) is 7.05 Å². The molecule has 6 heteroatoms. The van der Waals surface area contributed by atoms with E-state index in [9.17, 15) is 18.0 Å². The average molecular weight is 257 g/mol. The number of aromatic nitrogens is 1. The number of fused-ring (bicyclic) bond motifs is 1. The first-order valence-corrected chi connectivity index (χ1v) is 5.15. The van der Waals surface area contributed by atoms with Crippen molar-refractivity contribution in [1.29, 1.82) is 0 Å². The minimum atomic E-state index is -4.49. The number of alkyl halides is 3. The highest BCUT2D eigenvalue weighted by molar-refractivity contribution is 5.80. The number of aliphatic hydroxyl groups excluding tert-OH is 1. The van der Waals surface area contributed by atoms with Crippen molar-refractivity contribution in [1.82, 2.24) is 4.57 Å². The summed E-state index contributed by atoms with van der Waals surface area (Å²) in [4.78, 5) is 11.9. The number of hydrogen-bond acceptors (Lipinski definition) is 2. The summed E-state index contributed by atoms with van der Waals surface area (Å²) in [7, 11) is 1.61. The first kappa shape index (κ1) is 12.6. The fourth-order valence-corrected chi connectivity index (χ4v) is 1.85. The summed E-state index contributed by atoms with van der Waals surface area (Å²) in [5, 5.41) is 8.95. The van der Waals surface area contributed by atoms with Gasteiger partial charge in [0.15, 0.2) is 5.43 Å². The highest BCUT2D eigenvalue weighted by Gasteiger charge is 2.30. The summed E-state index contributed by atoms with van der Waals surface area (Å²) in [6, 6.07) is 3.00. The Morgan fingerprint density at radius 2 is 2.00 bits per heavy atom. The van der Waals surface area contributed by atoms with Crippen LogP contribution in [0.25, 0.3) is 10.9 Å². The average Bonchev–Trinajstić information content (AvgIpc) is 2.32. The van der Waals surface area contributed by atoms with Crippen LogP contribution in [0.15, 0.2) is 29.2 Å². The van der Waals surface area contributed by atoms with E-state index in [0.29, 0.717) is 5.52 Å². The Balaban J connectivity index is 2.84. The number of pyridine rings is 1. The van der Waals surface area contributed by atoms with Gasteiger partial charge in [0.05, 0.1) is 17.7 Å². The van der Waals surface area contributed by atoms with Crippen LogP contribution in [0.2, 0.25) is 0 Å². The third-order valence-corrected chi connectivity index (χ3v) is 2.76. The van der Waals surface area contributed by atoms with Gasteiger partial charge in [-0.3, -0.25) is 4.79 Å². The number of halogens is 3. The minimum Gasteiger partial charge on any atom is -0.391 e. The minimum absolute atomic E-state index is 0.0427. The molecule has 2 rings (SSSR count). The predicted molar refractivity (Wildman–Crippen MR) is 60.1 cm³/mol. The zero-order chi connectivity index (χ0) is 13.5. The lowest BCUT2D eigenvalue weighted by Crippen LogP contribution is -2.15. The zero-order valence-corrected chi connectivity index (χ0v) is 9.45. The molecule has 1 heterocycles. The van der Waals surface area contributed by atoms with Gasteiger partial charge < -0.3 is 9.67 Å². The summed E-state index contributed by atoms with van der Waals surface area (Å²) in [5.74, 6) is 0. The van der Waals surface area contributed by atoms with E-state index in [1.807, 2.05) is 0 Å². The van der Waals surface area contributed by atoms with E-state index in [2.05, 4.69) is 0 Å². The van der Waals surface area contributed by atoms with Gasteiger partial charge >= 0.3 is 6.18 Å². The molecule has 0 bridgehead atoms. The maximum absolute atomic E-state index is 12.6. The molecule has 0 aliphatic carbocycles. The molecule has 18 heavy (non-hydrogen) atoms. The van der Waals surface area contributed by atoms with Crippen molar-refractivity contribution in [3.8, 4) is 0 Å². The van der Waals surface area contributed by atoms with Crippen LogP contribution in [0.1, 0.15) is 11.1 Å². The summed E-state index contributed by atoms with van der Waals surface area (Å²) in [5.41, 5.74) is -0.978. The number of aryl methyl sites for hydroxylation is 1.